The molecule has 0 aliphatic carbocycles. The van der Waals surface area contributed by atoms with Crippen molar-refractivity contribution in [3.8, 4) is 39.9 Å². The number of para-hydroxylation sites is 1. The minimum absolute atomic E-state index is 0.00642. The molecule has 0 N–H and O–H groups in total. The van der Waals surface area contributed by atoms with Gasteiger partial charge in [-0.3, -0.25) is 0 Å². The Balaban J connectivity index is 1.36. The lowest BCUT2D eigenvalue weighted by Gasteiger charge is -2.36. The van der Waals surface area contributed by atoms with E-state index in [9.17, 15) is 0 Å². The van der Waals surface area contributed by atoms with Gasteiger partial charge < -0.3 is 22.6 Å². The van der Waals surface area contributed by atoms with Gasteiger partial charge in [0.05, 0.1) is 5.30 Å². The summed E-state index contributed by atoms with van der Waals surface area (Å²) in [6.07, 6.45) is 4.19. The van der Waals surface area contributed by atoms with Gasteiger partial charge in [-0.2, -0.15) is 0 Å². The van der Waals surface area contributed by atoms with E-state index in [1.54, 1.807) is 0 Å². The Kier molecular flexibility index (Phi) is 17.7. The van der Waals surface area contributed by atoms with Gasteiger partial charge in [0, 0.05) is 61.9 Å². The van der Waals surface area contributed by atoms with Crippen molar-refractivity contribution < 1.29 is 22.6 Å². The van der Waals surface area contributed by atoms with E-state index < -0.39 is 17.0 Å². The smallest absolute Gasteiger partial charge is 0.435 e. The standard InChI is InChI=1S/C72H96O5P2/c1-23-43(5)49-35-55-47(9)56-36-50(44(6)24-2)40-60(70(14,15)16)66(56)75-78(74-65(55)59(39-49)69(11,12)13)64-34-30-28-32-54(64)53-31-27-29-33-63(53)73-79-76-67-57(37-51(45(7)25-3)41-61(67)71(17,18)19)48(10)58-38-52(46(8)26-4)42-62(68(58)77-79)72(20,21)22/h27-48H,23-26H2,1-22H3. The molecule has 4 atom stereocenters. The fraction of sp³-hybridized carbons (Fsp3) is 0.500. The van der Waals surface area contributed by atoms with Gasteiger partial charge in [0.15, 0.2) is 0 Å². The summed E-state index contributed by atoms with van der Waals surface area (Å²) in [5.74, 6) is 5.76. The van der Waals surface area contributed by atoms with E-state index >= 15 is 0 Å². The average Bonchev–Trinajstić information content (AvgIpc) is 3.61. The summed E-state index contributed by atoms with van der Waals surface area (Å²) in [7, 11) is -3.91. The van der Waals surface area contributed by atoms with Gasteiger partial charge in [-0.25, -0.2) is 0 Å². The monoisotopic (exact) mass is 1100 g/mol. The van der Waals surface area contributed by atoms with Gasteiger partial charge >= 0.3 is 17.0 Å². The zero-order valence-electron chi connectivity index (χ0n) is 52.5. The number of fused-ring (bicyclic) bond motifs is 4. The van der Waals surface area contributed by atoms with Crippen molar-refractivity contribution in [2.45, 2.75) is 235 Å². The van der Waals surface area contributed by atoms with Crippen LogP contribution in [0.3, 0.4) is 0 Å². The second-order valence-corrected chi connectivity index (χ2v) is 29.9. The third-order valence-electron chi connectivity index (χ3n) is 17.5. The molecule has 2 aliphatic rings. The van der Waals surface area contributed by atoms with Crippen molar-refractivity contribution in [3.63, 3.8) is 0 Å². The molecule has 2 aliphatic heterocycles. The van der Waals surface area contributed by atoms with Gasteiger partial charge in [-0.15, -0.1) is 0 Å². The molecule has 0 fully saturated rings. The largest absolute Gasteiger partial charge is 0.530 e. The number of benzene rings is 6. The minimum atomic E-state index is -2.09. The van der Waals surface area contributed by atoms with Crippen LogP contribution in [0.15, 0.2) is 97.1 Å². The number of hydrogen-bond acceptors (Lipinski definition) is 5. The van der Waals surface area contributed by atoms with Crippen molar-refractivity contribution in [1.29, 1.82) is 0 Å². The molecule has 4 unspecified atom stereocenters. The second kappa shape index (κ2) is 23.2. The van der Waals surface area contributed by atoms with Crippen LogP contribution in [-0.2, 0) is 21.7 Å². The average molecular weight is 1100 g/mol. The summed E-state index contributed by atoms with van der Waals surface area (Å²) in [6.45, 7) is 50.9. The van der Waals surface area contributed by atoms with E-state index in [-0.39, 0.29) is 33.5 Å². The summed E-state index contributed by atoms with van der Waals surface area (Å²) in [6, 6.07) is 36.4. The molecule has 0 spiro atoms. The van der Waals surface area contributed by atoms with Crippen molar-refractivity contribution in [3.05, 3.63) is 164 Å². The molecule has 6 aromatic carbocycles. The van der Waals surface area contributed by atoms with E-state index in [1.165, 1.54) is 55.6 Å². The summed E-state index contributed by atoms with van der Waals surface area (Å²) in [5, 5.41) is 0.966. The van der Waals surface area contributed by atoms with Crippen molar-refractivity contribution >= 4 is 22.3 Å². The first-order valence-electron chi connectivity index (χ1n) is 29.9. The van der Waals surface area contributed by atoms with Crippen LogP contribution < -0.4 is 27.9 Å². The lowest BCUT2D eigenvalue weighted by Crippen LogP contribution is -2.23. The molecule has 7 heteroatoms. The highest BCUT2D eigenvalue weighted by Crippen LogP contribution is 2.59. The van der Waals surface area contributed by atoms with Gasteiger partial charge in [0.2, 0.25) is 0 Å². The third-order valence-corrected chi connectivity index (χ3v) is 20.0. The zero-order valence-corrected chi connectivity index (χ0v) is 54.3. The Morgan fingerprint density at radius 3 is 1.01 bits per heavy atom. The molecule has 6 aromatic rings. The molecule has 0 amide bonds. The van der Waals surface area contributed by atoms with E-state index in [0.717, 1.165) is 76.2 Å². The zero-order chi connectivity index (χ0) is 57.8. The van der Waals surface area contributed by atoms with Crippen LogP contribution in [0, 0.1) is 0 Å². The molecule has 5 nitrogen and oxygen atoms in total. The maximum atomic E-state index is 7.73. The Hall–Kier alpha value is -4.82. The molecular weight excluding hydrogens is 1010 g/mol. The quantitative estimate of drug-likeness (QED) is 0.114. The Morgan fingerprint density at radius 2 is 0.696 bits per heavy atom. The van der Waals surface area contributed by atoms with Gasteiger partial charge in [-0.05, 0) is 111 Å². The molecule has 0 saturated carbocycles. The van der Waals surface area contributed by atoms with E-state index in [2.05, 4.69) is 249 Å². The SMILES string of the molecule is CCC(C)c1cc2c(c(C(C)(C)C)c1)OP(Oc1ccccc1-c1ccccc1P1Oc3c(cc(C(C)CC)cc3C(C)(C)C)C(C)c3cc(C(C)CC)cc(C(C)(C)C)c3O1)Oc1c(cc(C(C)CC)cc1C(C)(C)C)C2C. The highest BCUT2D eigenvalue weighted by Gasteiger charge is 2.40. The molecule has 0 saturated heterocycles. The molecule has 0 radical (unpaired) electrons. The van der Waals surface area contributed by atoms with Crippen LogP contribution in [0.4, 0.5) is 0 Å². The van der Waals surface area contributed by atoms with E-state index in [0.29, 0.717) is 29.4 Å². The van der Waals surface area contributed by atoms with Crippen LogP contribution >= 0.6 is 17.0 Å². The summed E-state index contributed by atoms with van der Waals surface area (Å²) >= 11 is 0. The van der Waals surface area contributed by atoms with Crippen molar-refractivity contribution in [2.24, 2.45) is 0 Å². The first-order valence-corrected chi connectivity index (χ1v) is 32.2. The number of rotatable bonds is 12. The maximum absolute atomic E-state index is 7.73. The van der Waals surface area contributed by atoms with Crippen LogP contribution in [-0.4, -0.2) is 0 Å². The molecule has 0 aromatic heterocycles. The third kappa shape index (κ3) is 12.4. The van der Waals surface area contributed by atoms with Crippen molar-refractivity contribution in [1.82, 2.24) is 0 Å². The number of hydrogen-bond donors (Lipinski definition) is 0. The van der Waals surface area contributed by atoms with Crippen LogP contribution in [0.25, 0.3) is 11.1 Å². The second-order valence-electron chi connectivity index (χ2n) is 27.6. The minimum Gasteiger partial charge on any atom is -0.435 e. The predicted molar refractivity (Wildman–Crippen MR) is 339 cm³/mol. The topological polar surface area (TPSA) is 46.2 Å². The molecule has 0 bridgehead atoms. The highest BCUT2D eigenvalue weighted by molar-refractivity contribution is 7.57. The Bertz CT molecular complexity index is 3000. The fourth-order valence-electron chi connectivity index (χ4n) is 11.2. The first-order chi connectivity index (χ1) is 37.0. The summed E-state index contributed by atoms with van der Waals surface area (Å²) in [4.78, 5) is 0. The van der Waals surface area contributed by atoms with Crippen LogP contribution in [0.2, 0.25) is 0 Å². The predicted octanol–water partition coefficient (Wildman–Crippen LogP) is 22.4. The lowest BCUT2D eigenvalue weighted by molar-refractivity contribution is 0.367. The molecule has 79 heavy (non-hydrogen) atoms. The van der Waals surface area contributed by atoms with Gasteiger partial charge in [0.1, 0.15) is 28.7 Å². The summed E-state index contributed by atoms with van der Waals surface area (Å²) < 4.78 is 37.8. The van der Waals surface area contributed by atoms with Crippen LogP contribution in [0.1, 0.15) is 280 Å². The maximum Gasteiger partial charge on any atom is 0.530 e. The molecule has 2 heterocycles. The van der Waals surface area contributed by atoms with E-state index in [4.69, 9.17) is 22.6 Å². The Morgan fingerprint density at radius 1 is 0.405 bits per heavy atom. The Labute approximate surface area is 481 Å². The molecular formula is C72H96O5P2. The lowest BCUT2D eigenvalue weighted by atomic mass is 9.77. The molecule has 8 rings (SSSR count). The normalized spacial score (nSPS) is 19.2. The summed E-state index contributed by atoms with van der Waals surface area (Å²) in [5.41, 5.74) is 15.9. The van der Waals surface area contributed by atoms with Crippen molar-refractivity contribution in [2.75, 3.05) is 0 Å². The van der Waals surface area contributed by atoms with E-state index in [1.807, 2.05) is 0 Å². The molecule has 424 valence electrons. The fourth-order valence-corrected chi connectivity index (χ4v) is 13.9. The first kappa shape index (κ1) is 60.3. The van der Waals surface area contributed by atoms with Gasteiger partial charge in [-0.1, -0.05) is 237 Å². The highest BCUT2D eigenvalue weighted by atomic mass is 31.2. The van der Waals surface area contributed by atoms with Gasteiger partial charge in [0.25, 0.3) is 0 Å². The van der Waals surface area contributed by atoms with Crippen LogP contribution in [0.5, 0.6) is 28.7 Å².